The summed E-state index contributed by atoms with van der Waals surface area (Å²) < 4.78 is 17.9. The van der Waals surface area contributed by atoms with Gasteiger partial charge in [0.15, 0.2) is 0 Å². The Morgan fingerprint density at radius 1 is 1.56 bits per heavy atom. The Hall–Kier alpha value is -1.58. The summed E-state index contributed by atoms with van der Waals surface area (Å²) in [7, 11) is 1.47. The molecule has 1 aromatic rings. The van der Waals surface area contributed by atoms with Crippen molar-refractivity contribution >= 4 is 5.97 Å². The summed E-state index contributed by atoms with van der Waals surface area (Å²) in [6.45, 7) is 0.954. The van der Waals surface area contributed by atoms with Crippen LogP contribution in [0.3, 0.4) is 0 Å². The Kier molecular flexibility index (Phi) is 4.28. The summed E-state index contributed by atoms with van der Waals surface area (Å²) in [6, 6.07) is 5.14. The standard InChI is InChI=1S/C12H15FO3/c1-8(12(14)15)6-9-4-3-5-11(16-2)10(9)7-13/h3-5,8H,6-7H2,1-2H3,(H,14,15). The summed E-state index contributed by atoms with van der Waals surface area (Å²) in [5.41, 5.74) is 1.13. The molecule has 88 valence electrons. The lowest BCUT2D eigenvalue weighted by atomic mass is 9.97. The number of aliphatic carboxylic acids is 1. The maximum Gasteiger partial charge on any atom is 0.306 e. The fraction of sp³-hybridized carbons (Fsp3) is 0.417. The summed E-state index contributed by atoms with van der Waals surface area (Å²) >= 11 is 0. The third kappa shape index (κ3) is 2.72. The first-order valence-corrected chi connectivity index (χ1v) is 5.03. The van der Waals surface area contributed by atoms with Gasteiger partial charge in [-0.25, -0.2) is 4.39 Å². The SMILES string of the molecule is COc1cccc(CC(C)C(=O)O)c1CF. The van der Waals surface area contributed by atoms with E-state index in [1.54, 1.807) is 25.1 Å². The number of hydrogen-bond acceptors (Lipinski definition) is 2. The van der Waals surface area contributed by atoms with Crippen molar-refractivity contribution in [2.24, 2.45) is 5.92 Å². The fourth-order valence-corrected chi connectivity index (χ4v) is 1.56. The molecule has 0 saturated carbocycles. The minimum atomic E-state index is -0.882. The number of carbonyl (C=O) groups is 1. The second-order valence-electron chi connectivity index (χ2n) is 3.67. The van der Waals surface area contributed by atoms with Gasteiger partial charge in [0.2, 0.25) is 0 Å². The third-order valence-electron chi connectivity index (χ3n) is 2.53. The minimum Gasteiger partial charge on any atom is -0.496 e. The molecule has 1 atom stereocenters. The highest BCUT2D eigenvalue weighted by Gasteiger charge is 2.16. The van der Waals surface area contributed by atoms with Crippen LogP contribution in [-0.2, 0) is 17.9 Å². The van der Waals surface area contributed by atoms with E-state index in [0.29, 0.717) is 23.3 Å². The van der Waals surface area contributed by atoms with Gasteiger partial charge in [-0.2, -0.15) is 0 Å². The van der Waals surface area contributed by atoms with Crippen LogP contribution in [0.15, 0.2) is 18.2 Å². The molecular weight excluding hydrogens is 211 g/mol. The molecular formula is C12H15FO3. The summed E-state index contributed by atoms with van der Waals surface area (Å²) in [4.78, 5) is 10.7. The quantitative estimate of drug-likeness (QED) is 0.838. The lowest BCUT2D eigenvalue weighted by Crippen LogP contribution is -2.13. The molecule has 0 aliphatic rings. The van der Waals surface area contributed by atoms with Crippen LogP contribution in [0.5, 0.6) is 5.75 Å². The lowest BCUT2D eigenvalue weighted by molar-refractivity contribution is -0.141. The lowest BCUT2D eigenvalue weighted by Gasteiger charge is -2.13. The van der Waals surface area contributed by atoms with Gasteiger partial charge in [0.1, 0.15) is 12.4 Å². The van der Waals surface area contributed by atoms with Crippen LogP contribution in [0.1, 0.15) is 18.1 Å². The Bertz CT molecular complexity index is 377. The molecule has 0 fully saturated rings. The Balaban J connectivity index is 2.99. The topological polar surface area (TPSA) is 46.5 Å². The van der Waals surface area contributed by atoms with Gasteiger partial charge in [-0.05, 0) is 18.1 Å². The zero-order valence-corrected chi connectivity index (χ0v) is 9.37. The maximum absolute atomic E-state index is 12.9. The molecule has 0 radical (unpaired) electrons. The molecule has 1 N–H and O–H groups in total. The number of methoxy groups -OCH3 is 1. The zero-order chi connectivity index (χ0) is 12.1. The van der Waals surface area contributed by atoms with Crippen LogP contribution in [0.2, 0.25) is 0 Å². The van der Waals surface area contributed by atoms with Gasteiger partial charge in [-0.15, -0.1) is 0 Å². The number of carboxylic acids is 1. The molecule has 0 amide bonds. The average Bonchev–Trinajstić information content (AvgIpc) is 2.28. The Morgan fingerprint density at radius 2 is 2.25 bits per heavy atom. The van der Waals surface area contributed by atoms with E-state index in [0.717, 1.165) is 0 Å². The monoisotopic (exact) mass is 226 g/mol. The van der Waals surface area contributed by atoms with Gasteiger partial charge >= 0.3 is 5.97 Å². The van der Waals surface area contributed by atoms with Crippen LogP contribution >= 0.6 is 0 Å². The molecule has 0 saturated heterocycles. The third-order valence-corrected chi connectivity index (χ3v) is 2.53. The molecule has 1 rings (SSSR count). The highest BCUT2D eigenvalue weighted by molar-refractivity contribution is 5.70. The van der Waals surface area contributed by atoms with E-state index >= 15 is 0 Å². The van der Waals surface area contributed by atoms with Gasteiger partial charge in [0.05, 0.1) is 13.0 Å². The molecule has 1 aromatic carbocycles. The highest BCUT2D eigenvalue weighted by atomic mass is 19.1. The van der Waals surface area contributed by atoms with Crippen molar-refractivity contribution in [3.05, 3.63) is 29.3 Å². The second-order valence-corrected chi connectivity index (χ2v) is 3.67. The molecule has 16 heavy (non-hydrogen) atoms. The van der Waals surface area contributed by atoms with E-state index in [9.17, 15) is 9.18 Å². The molecule has 4 heteroatoms. The van der Waals surface area contributed by atoms with E-state index in [-0.39, 0.29) is 0 Å². The summed E-state index contributed by atoms with van der Waals surface area (Å²) in [5, 5.41) is 8.81. The molecule has 0 aliphatic carbocycles. The van der Waals surface area contributed by atoms with Crippen molar-refractivity contribution in [3.63, 3.8) is 0 Å². The minimum absolute atomic E-state index is 0.311. The number of benzene rings is 1. The van der Waals surface area contributed by atoms with Gasteiger partial charge in [-0.1, -0.05) is 19.1 Å². The molecule has 1 unspecified atom stereocenters. The van der Waals surface area contributed by atoms with Gasteiger partial charge < -0.3 is 9.84 Å². The Morgan fingerprint density at radius 3 is 2.75 bits per heavy atom. The zero-order valence-electron chi connectivity index (χ0n) is 9.37. The van der Waals surface area contributed by atoms with E-state index in [1.165, 1.54) is 7.11 Å². The normalized spacial score (nSPS) is 12.2. The van der Waals surface area contributed by atoms with Crippen LogP contribution in [-0.4, -0.2) is 18.2 Å². The predicted molar refractivity (Wildman–Crippen MR) is 58.3 cm³/mol. The summed E-state index contributed by atoms with van der Waals surface area (Å²) in [5.74, 6) is -0.942. The average molecular weight is 226 g/mol. The molecule has 0 aliphatic heterocycles. The smallest absolute Gasteiger partial charge is 0.306 e. The van der Waals surface area contributed by atoms with Crippen LogP contribution in [0, 0.1) is 5.92 Å². The number of halogens is 1. The molecule has 0 aromatic heterocycles. The highest BCUT2D eigenvalue weighted by Crippen LogP contribution is 2.25. The van der Waals surface area contributed by atoms with E-state index in [1.807, 2.05) is 0 Å². The molecule has 0 spiro atoms. The van der Waals surface area contributed by atoms with E-state index in [2.05, 4.69) is 0 Å². The second kappa shape index (κ2) is 5.49. The van der Waals surface area contributed by atoms with E-state index in [4.69, 9.17) is 9.84 Å². The number of carboxylic acid groups (broad SMARTS) is 1. The number of alkyl halides is 1. The summed E-state index contributed by atoms with van der Waals surface area (Å²) in [6.07, 6.45) is 0.311. The number of hydrogen-bond donors (Lipinski definition) is 1. The van der Waals surface area contributed by atoms with Gasteiger partial charge in [0, 0.05) is 5.56 Å². The van der Waals surface area contributed by atoms with Crippen molar-refractivity contribution < 1.29 is 19.0 Å². The number of rotatable bonds is 5. The fourth-order valence-electron chi connectivity index (χ4n) is 1.56. The van der Waals surface area contributed by atoms with Crippen molar-refractivity contribution in [2.75, 3.05) is 7.11 Å². The maximum atomic E-state index is 12.9. The predicted octanol–water partition coefficient (Wildman–Crippen LogP) is 2.43. The van der Waals surface area contributed by atoms with Crippen molar-refractivity contribution in [2.45, 2.75) is 20.0 Å². The molecule has 0 bridgehead atoms. The van der Waals surface area contributed by atoms with Crippen molar-refractivity contribution in [1.29, 1.82) is 0 Å². The van der Waals surface area contributed by atoms with Crippen LogP contribution in [0.4, 0.5) is 4.39 Å². The number of ether oxygens (including phenoxy) is 1. The first-order chi connectivity index (χ1) is 7.60. The van der Waals surface area contributed by atoms with Crippen LogP contribution in [0.25, 0.3) is 0 Å². The molecule has 0 heterocycles. The molecule has 3 nitrogen and oxygen atoms in total. The Labute approximate surface area is 93.9 Å². The van der Waals surface area contributed by atoms with Crippen molar-refractivity contribution in [3.8, 4) is 5.75 Å². The van der Waals surface area contributed by atoms with Crippen LogP contribution < -0.4 is 4.74 Å². The van der Waals surface area contributed by atoms with Gasteiger partial charge in [-0.3, -0.25) is 4.79 Å². The van der Waals surface area contributed by atoms with E-state index < -0.39 is 18.6 Å². The first kappa shape index (κ1) is 12.5. The largest absolute Gasteiger partial charge is 0.496 e. The first-order valence-electron chi connectivity index (χ1n) is 5.03. The van der Waals surface area contributed by atoms with Gasteiger partial charge in [0.25, 0.3) is 0 Å². The van der Waals surface area contributed by atoms with Crippen molar-refractivity contribution in [1.82, 2.24) is 0 Å².